The quantitative estimate of drug-likeness (QED) is 0.706. The van der Waals surface area contributed by atoms with Crippen molar-refractivity contribution in [2.75, 3.05) is 5.32 Å². The summed E-state index contributed by atoms with van der Waals surface area (Å²) in [7, 11) is 0. The molecule has 0 fully saturated rings. The Bertz CT molecular complexity index is 1040. The van der Waals surface area contributed by atoms with Crippen molar-refractivity contribution in [3.63, 3.8) is 0 Å². The SMILES string of the molecule is Cc1cc(C(=O)Nc2cc(C(=O)O)ccc2OC(C)C)c2c(C)noc2n1. The summed E-state index contributed by atoms with van der Waals surface area (Å²) in [6.07, 6.45) is -0.147. The van der Waals surface area contributed by atoms with E-state index in [1.807, 2.05) is 13.8 Å². The van der Waals surface area contributed by atoms with Crippen LogP contribution in [0.5, 0.6) is 5.75 Å². The first-order valence-electron chi connectivity index (χ1n) is 8.35. The van der Waals surface area contributed by atoms with Gasteiger partial charge in [-0.15, -0.1) is 0 Å². The zero-order chi connectivity index (χ0) is 19.7. The Morgan fingerprint density at radius 2 is 1.96 bits per heavy atom. The molecule has 3 aromatic rings. The van der Waals surface area contributed by atoms with E-state index in [1.54, 1.807) is 19.9 Å². The zero-order valence-corrected chi connectivity index (χ0v) is 15.4. The molecule has 1 amide bonds. The number of rotatable bonds is 5. The fourth-order valence-corrected chi connectivity index (χ4v) is 2.70. The van der Waals surface area contributed by atoms with E-state index in [-0.39, 0.29) is 23.1 Å². The van der Waals surface area contributed by atoms with Crippen LogP contribution in [0.3, 0.4) is 0 Å². The molecule has 0 saturated heterocycles. The molecule has 1 aromatic carbocycles. The van der Waals surface area contributed by atoms with E-state index in [2.05, 4.69) is 15.5 Å². The Kier molecular flexibility index (Phi) is 4.81. The van der Waals surface area contributed by atoms with Gasteiger partial charge in [-0.25, -0.2) is 9.78 Å². The third kappa shape index (κ3) is 3.74. The maximum atomic E-state index is 12.9. The lowest BCUT2D eigenvalue weighted by molar-refractivity contribution is 0.0696. The number of hydrogen-bond donors (Lipinski definition) is 2. The van der Waals surface area contributed by atoms with Crippen molar-refractivity contribution in [1.82, 2.24) is 10.1 Å². The first-order valence-corrected chi connectivity index (χ1v) is 8.35. The van der Waals surface area contributed by atoms with Crippen molar-refractivity contribution in [3.05, 3.63) is 46.8 Å². The van der Waals surface area contributed by atoms with Crippen LogP contribution in [0.15, 0.2) is 28.8 Å². The van der Waals surface area contributed by atoms with E-state index in [0.717, 1.165) is 0 Å². The molecule has 140 valence electrons. The number of nitrogens with zero attached hydrogens (tertiary/aromatic N) is 2. The first-order chi connectivity index (χ1) is 12.8. The zero-order valence-electron chi connectivity index (χ0n) is 15.4. The molecule has 3 rings (SSSR count). The molecule has 8 nitrogen and oxygen atoms in total. The predicted octanol–water partition coefficient (Wildman–Crippen LogP) is 3.58. The summed E-state index contributed by atoms with van der Waals surface area (Å²) in [5.74, 6) is -1.15. The Balaban J connectivity index is 2.04. The normalized spacial score (nSPS) is 11.0. The van der Waals surface area contributed by atoms with E-state index < -0.39 is 11.9 Å². The molecular formula is C19H19N3O5. The second-order valence-corrected chi connectivity index (χ2v) is 6.40. The molecule has 0 saturated carbocycles. The van der Waals surface area contributed by atoms with Crippen LogP contribution in [0.4, 0.5) is 5.69 Å². The number of carbonyl (C=O) groups excluding carboxylic acids is 1. The van der Waals surface area contributed by atoms with Gasteiger partial charge in [0.15, 0.2) is 0 Å². The molecule has 2 aromatic heterocycles. The number of aromatic carboxylic acids is 1. The van der Waals surface area contributed by atoms with E-state index >= 15 is 0 Å². The highest BCUT2D eigenvalue weighted by atomic mass is 16.5. The molecular weight excluding hydrogens is 350 g/mol. The summed E-state index contributed by atoms with van der Waals surface area (Å²) in [5, 5.41) is 16.4. The van der Waals surface area contributed by atoms with Crippen molar-refractivity contribution in [1.29, 1.82) is 0 Å². The van der Waals surface area contributed by atoms with Gasteiger partial charge in [0.2, 0.25) is 0 Å². The summed E-state index contributed by atoms with van der Waals surface area (Å²) in [6, 6.07) is 5.95. The second kappa shape index (κ2) is 7.06. The summed E-state index contributed by atoms with van der Waals surface area (Å²) in [6.45, 7) is 7.14. The minimum Gasteiger partial charge on any atom is -0.489 e. The fourth-order valence-electron chi connectivity index (χ4n) is 2.70. The summed E-state index contributed by atoms with van der Waals surface area (Å²) < 4.78 is 10.8. The highest BCUT2D eigenvalue weighted by molar-refractivity contribution is 6.13. The number of hydrogen-bond acceptors (Lipinski definition) is 6. The predicted molar refractivity (Wildman–Crippen MR) is 98.4 cm³/mol. The van der Waals surface area contributed by atoms with Crippen molar-refractivity contribution in [2.45, 2.75) is 33.8 Å². The number of carbonyl (C=O) groups is 2. The average molecular weight is 369 g/mol. The van der Waals surface area contributed by atoms with Crippen LogP contribution in [0.2, 0.25) is 0 Å². The molecule has 0 aliphatic carbocycles. The Labute approximate surface area is 155 Å². The van der Waals surface area contributed by atoms with Crippen LogP contribution in [0.1, 0.15) is 46.0 Å². The summed E-state index contributed by atoms with van der Waals surface area (Å²) >= 11 is 0. The molecule has 0 radical (unpaired) electrons. The smallest absolute Gasteiger partial charge is 0.335 e. The van der Waals surface area contributed by atoms with Crippen LogP contribution in [-0.2, 0) is 0 Å². The van der Waals surface area contributed by atoms with Gasteiger partial charge >= 0.3 is 5.97 Å². The lowest BCUT2D eigenvalue weighted by Crippen LogP contribution is -2.16. The molecule has 0 aliphatic rings. The van der Waals surface area contributed by atoms with Gasteiger partial charge in [0.1, 0.15) is 5.75 Å². The highest BCUT2D eigenvalue weighted by Crippen LogP contribution is 2.29. The fraction of sp³-hybridized carbons (Fsp3) is 0.263. The van der Waals surface area contributed by atoms with Crippen LogP contribution in [0.25, 0.3) is 11.1 Å². The maximum absolute atomic E-state index is 12.9. The maximum Gasteiger partial charge on any atom is 0.335 e. The number of anilines is 1. The Hall–Kier alpha value is -3.42. The van der Waals surface area contributed by atoms with Crippen LogP contribution < -0.4 is 10.1 Å². The lowest BCUT2D eigenvalue weighted by Gasteiger charge is -2.16. The number of amides is 1. The van der Waals surface area contributed by atoms with Gasteiger partial charge in [-0.05, 0) is 52.0 Å². The number of ether oxygens (including phenoxy) is 1. The minimum absolute atomic E-state index is 0.0404. The van der Waals surface area contributed by atoms with Crippen molar-refractivity contribution in [2.24, 2.45) is 0 Å². The third-order valence-electron chi connectivity index (χ3n) is 3.83. The number of pyridine rings is 1. The van der Waals surface area contributed by atoms with Gasteiger partial charge in [0, 0.05) is 5.69 Å². The van der Waals surface area contributed by atoms with Gasteiger partial charge in [-0.2, -0.15) is 0 Å². The molecule has 0 aliphatic heterocycles. The van der Waals surface area contributed by atoms with Crippen molar-refractivity contribution >= 4 is 28.7 Å². The number of benzene rings is 1. The molecule has 0 unspecified atom stereocenters. The largest absolute Gasteiger partial charge is 0.489 e. The number of nitrogens with one attached hydrogen (secondary N) is 1. The average Bonchev–Trinajstić information content (AvgIpc) is 2.95. The van der Waals surface area contributed by atoms with E-state index in [9.17, 15) is 14.7 Å². The monoisotopic (exact) mass is 369 g/mol. The highest BCUT2D eigenvalue weighted by Gasteiger charge is 2.20. The topological polar surface area (TPSA) is 115 Å². The number of carboxylic acid groups (broad SMARTS) is 1. The van der Waals surface area contributed by atoms with Crippen LogP contribution in [-0.4, -0.2) is 33.2 Å². The lowest BCUT2D eigenvalue weighted by atomic mass is 10.1. The number of carboxylic acids is 1. The Morgan fingerprint density at radius 1 is 1.22 bits per heavy atom. The number of aryl methyl sites for hydroxylation is 2. The van der Waals surface area contributed by atoms with Gasteiger partial charge in [0.25, 0.3) is 11.6 Å². The third-order valence-corrected chi connectivity index (χ3v) is 3.83. The molecule has 8 heteroatoms. The molecule has 27 heavy (non-hydrogen) atoms. The number of aromatic nitrogens is 2. The van der Waals surface area contributed by atoms with Gasteiger partial charge in [0.05, 0.1) is 34.0 Å². The van der Waals surface area contributed by atoms with Crippen molar-refractivity contribution < 1.29 is 24.0 Å². The molecule has 0 spiro atoms. The first kappa shape index (κ1) is 18.4. The van der Waals surface area contributed by atoms with E-state index in [4.69, 9.17) is 9.26 Å². The van der Waals surface area contributed by atoms with E-state index in [1.165, 1.54) is 18.2 Å². The summed E-state index contributed by atoms with van der Waals surface area (Å²) in [4.78, 5) is 28.5. The molecule has 2 heterocycles. The Morgan fingerprint density at radius 3 is 2.63 bits per heavy atom. The van der Waals surface area contributed by atoms with Crippen LogP contribution >= 0.6 is 0 Å². The summed E-state index contributed by atoms with van der Waals surface area (Å²) in [5.41, 5.74) is 2.06. The van der Waals surface area contributed by atoms with Gasteiger partial charge in [-0.1, -0.05) is 5.16 Å². The number of fused-ring (bicyclic) bond motifs is 1. The molecule has 2 N–H and O–H groups in total. The molecule has 0 bridgehead atoms. The van der Waals surface area contributed by atoms with E-state index in [0.29, 0.717) is 28.1 Å². The molecule has 0 atom stereocenters. The second-order valence-electron chi connectivity index (χ2n) is 6.40. The van der Waals surface area contributed by atoms with Crippen LogP contribution in [0, 0.1) is 13.8 Å². The van der Waals surface area contributed by atoms with Crippen molar-refractivity contribution in [3.8, 4) is 5.75 Å². The van der Waals surface area contributed by atoms with Gasteiger partial charge < -0.3 is 19.7 Å². The minimum atomic E-state index is -1.10. The van der Waals surface area contributed by atoms with Gasteiger partial charge in [-0.3, -0.25) is 4.79 Å². The standard InChI is InChI=1S/C19H19N3O5/c1-9(2)26-15-6-5-12(19(24)25)8-14(15)21-17(23)13-7-10(3)20-18-16(13)11(4)22-27-18/h5-9H,1-4H3,(H,21,23)(H,24,25).